The fourth-order valence-corrected chi connectivity index (χ4v) is 1.97. The standard InChI is InChI=1S/C14H15NO2/c1-2-17-13(16)14(8-10-15-11-9-14)12-6-4-3-5-7-12/h3-8,10-11H,2,9H2,1H3. The summed E-state index contributed by atoms with van der Waals surface area (Å²) in [4.78, 5) is 16.2. The van der Waals surface area contributed by atoms with Crippen LogP contribution in [-0.2, 0) is 14.9 Å². The molecule has 88 valence electrons. The molecule has 1 heterocycles. The highest BCUT2D eigenvalue weighted by atomic mass is 16.5. The van der Waals surface area contributed by atoms with Crippen LogP contribution < -0.4 is 0 Å². The van der Waals surface area contributed by atoms with Crippen molar-refractivity contribution in [1.29, 1.82) is 0 Å². The van der Waals surface area contributed by atoms with Crippen molar-refractivity contribution in [1.82, 2.24) is 0 Å². The molecular weight excluding hydrogens is 214 g/mol. The number of rotatable bonds is 3. The van der Waals surface area contributed by atoms with Crippen molar-refractivity contribution in [2.24, 2.45) is 4.99 Å². The Hall–Kier alpha value is -1.90. The predicted molar refractivity (Wildman–Crippen MR) is 67.0 cm³/mol. The number of ether oxygens (including phenoxy) is 1. The van der Waals surface area contributed by atoms with Crippen LogP contribution in [0.1, 0.15) is 18.9 Å². The van der Waals surface area contributed by atoms with Crippen molar-refractivity contribution in [2.75, 3.05) is 6.61 Å². The van der Waals surface area contributed by atoms with Gasteiger partial charge in [-0.25, -0.2) is 0 Å². The molecule has 3 heteroatoms. The molecule has 1 aromatic rings. The number of carbonyl (C=O) groups is 1. The Morgan fingerprint density at radius 2 is 2.18 bits per heavy atom. The van der Waals surface area contributed by atoms with Crippen molar-refractivity contribution in [3.63, 3.8) is 0 Å². The molecule has 17 heavy (non-hydrogen) atoms. The van der Waals surface area contributed by atoms with Gasteiger partial charge in [-0.15, -0.1) is 0 Å². The zero-order valence-corrected chi connectivity index (χ0v) is 9.80. The van der Waals surface area contributed by atoms with Crippen LogP contribution in [-0.4, -0.2) is 18.8 Å². The van der Waals surface area contributed by atoms with Gasteiger partial charge in [0.2, 0.25) is 0 Å². The lowest BCUT2D eigenvalue weighted by molar-refractivity contribution is -0.148. The maximum atomic E-state index is 12.2. The van der Waals surface area contributed by atoms with Gasteiger partial charge in [-0.2, -0.15) is 0 Å². The summed E-state index contributed by atoms with van der Waals surface area (Å²) < 4.78 is 5.19. The first-order valence-electron chi connectivity index (χ1n) is 5.71. The number of hydrogen-bond acceptors (Lipinski definition) is 3. The molecule has 2 rings (SSSR count). The van der Waals surface area contributed by atoms with E-state index in [4.69, 9.17) is 4.74 Å². The maximum absolute atomic E-state index is 12.2. The number of nitrogens with zero attached hydrogens (tertiary/aromatic N) is 1. The van der Waals surface area contributed by atoms with Gasteiger partial charge in [0.05, 0.1) is 6.61 Å². The Morgan fingerprint density at radius 3 is 2.76 bits per heavy atom. The highest BCUT2D eigenvalue weighted by Crippen LogP contribution is 2.32. The van der Waals surface area contributed by atoms with E-state index in [2.05, 4.69) is 4.99 Å². The van der Waals surface area contributed by atoms with E-state index in [9.17, 15) is 4.79 Å². The van der Waals surface area contributed by atoms with Crippen molar-refractivity contribution in [3.8, 4) is 0 Å². The minimum atomic E-state index is -0.709. The average molecular weight is 229 g/mol. The summed E-state index contributed by atoms with van der Waals surface area (Å²) >= 11 is 0. The SMILES string of the molecule is CCOC(=O)C1(c2ccccc2)C=CN=CC1. The van der Waals surface area contributed by atoms with Gasteiger partial charge in [0.1, 0.15) is 5.41 Å². The fraction of sp³-hybridized carbons (Fsp3) is 0.286. The van der Waals surface area contributed by atoms with Crippen LogP contribution in [0.15, 0.2) is 47.6 Å². The molecule has 1 aliphatic heterocycles. The van der Waals surface area contributed by atoms with Gasteiger partial charge in [-0.05, 0) is 18.6 Å². The molecule has 0 spiro atoms. The van der Waals surface area contributed by atoms with Gasteiger partial charge >= 0.3 is 5.97 Å². The Morgan fingerprint density at radius 1 is 1.41 bits per heavy atom. The van der Waals surface area contributed by atoms with Crippen molar-refractivity contribution in [2.45, 2.75) is 18.8 Å². The van der Waals surface area contributed by atoms with Crippen molar-refractivity contribution in [3.05, 3.63) is 48.2 Å². The summed E-state index contributed by atoms with van der Waals surface area (Å²) in [6, 6.07) is 9.68. The van der Waals surface area contributed by atoms with E-state index < -0.39 is 5.41 Å². The Bertz CT molecular complexity index is 451. The molecule has 0 saturated carbocycles. The predicted octanol–water partition coefficient (Wildman–Crippen LogP) is 2.48. The smallest absolute Gasteiger partial charge is 0.320 e. The number of aliphatic imine (C=N–C) groups is 1. The molecule has 3 nitrogen and oxygen atoms in total. The molecule has 0 aliphatic carbocycles. The van der Waals surface area contributed by atoms with Gasteiger partial charge in [0.25, 0.3) is 0 Å². The molecule has 0 amide bonds. The highest BCUT2D eigenvalue weighted by molar-refractivity contribution is 5.90. The molecule has 0 radical (unpaired) electrons. The van der Waals surface area contributed by atoms with Crippen LogP contribution in [0.3, 0.4) is 0 Å². The quantitative estimate of drug-likeness (QED) is 0.747. The van der Waals surface area contributed by atoms with Crippen LogP contribution in [0, 0.1) is 0 Å². The molecule has 0 bridgehead atoms. The zero-order valence-electron chi connectivity index (χ0n) is 9.80. The first-order valence-corrected chi connectivity index (χ1v) is 5.71. The first kappa shape index (κ1) is 11.6. The summed E-state index contributed by atoms with van der Waals surface area (Å²) in [5.41, 5.74) is 0.236. The molecule has 0 N–H and O–H groups in total. The topological polar surface area (TPSA) is 38.7 Å². The molecule has 1 atom stereocenters. The number of benzene rings is 1. The monoisotopic (exact) mass is 229 g/mol. The molecule has 1 aliphatic rings. The zero-order chi connectivity index (χ0) is 12.1. The minimum absolute atomic E-state index is 0.214. The maximum Gasteiger partial charge on any atom is 0.320 e. The van der Waals surface area contributed by atoms with Crippen LogP contribution in [0.25, 0.3) is 0 Å². The number of esters is 1. The second-order valence-electron chi connectivity index (χ2n) is 3.91. The molecular formula is C14H15NO2. The summed E-state index contributed by atoms with van der Waals surface area (Å²) in [5.74, 6) is -0.214. The third-order valence-electron chi connectivity index (χ3n) is 2.89. The Balaban J connectivity index is 2.41. The van der Waals surface area contributed by atoms with E-state index in [1.165, 1.54) is 0 Å². The van der Waals surface area contributed by atoms with Crippen LogP contribution >= 0.6 is 0 Å². The van der Waals surface area contributed by atoms with Gasteiger partial charge in [0.15, 0.2) is 0 Å². The second kappa shape index (κ2) is 4.95. The Kier molecular flexibility index (Phi) is 3.38. The largest absolute Gasteiger partial charge is 0.465 e. The second-order valence-corrected chi connectivity index (χ2v) is 3.91. The third kappa shape index (κ3) is 2.13. The summed E-state index contributed by atoms with van der Waals surface area (Å²) in [6.45, 7) is 2.20. The van der Waals surface area contributed by atoms with Crippen LogP contribution in [0.4, 0.5) is 0 Å². The lowest BCUT2D eigenvalue weighted by Gasteiger charge is -2.28. The fourth-order valence-electron chi connectivity index (χ4n) is 1.97. The number of hydrogen-bond donors (Lipinski definition) is 0. The van der Waals surface area contributed by atoms with E-state index in [-0.39, 0.29) is 5.97 Å². The summed E-state index contributed by atoms with van der Waals surface area (Å²) in [7, 11) is 0. The minimum Gasteiger partial charge on any atom is -0.465 e. The van der Waals surface area contributed by atoms with Crippen LogP contribution in [0.5, 0.6) is 0 Å². The van der Waals surface area contributed by atoms with Gasteiger partial charge in [0, 0.05) is 18.8 Å². The van der Waals surface area contributed by atoms with E-state index in [1.54, 1.807) is 12.4 Å². The van der Waals surface area contributed by atoms with Gasteiger partial charge in [-0.1, -0.05) is 30.3 Å². The summed E-state index contributed by atoms with van der Waals surface area (Å²) in [6.07, 6.45) is 5.78. The van der Waals surface area contributed by atoms with Gasteiger partial charge in [-0.3, -0.25) is 9.79 Å². The lowest BCUT2D eigenvalue weighted by Crippen LogP contribution is -2.37. The average Bonchev–Trinajstić information content (AvgIpc) is 2.41. The number of carbonyl (C=O) groups excluding carboxylic acids is 1. The molecule has 0 aromatic heterocycles. The lowest BCUT2D eigenvalue weighted by atomic mass is 9.77. The van der Waals surface area contributed by atoms with Crippen LogP contribution in [0.2, 0.25) is 0 Å². The first-order chi connectivity index (χ1) is 8.29. The molecule has 0 saturated heterocycles. The normalized spacial score (nSPS) is 22.4. The summed E-state index contributed by atoms with van der Waals surface area (Å²) in [5, 5.41) is 0. The van der Waals surface area contributed by atoms with Crippen molar-refractivity contribution >= 4 is 12.2 Å². The highest BCUT2D eigenvalue weighted by Gasteiger charge is 2.39. The van der Waals surface area contributed by atoms with E-state index in [1.807, 2.05) is 43.3 Å². The molecule has 1 unspecified atom stereocenters. The van der Waals surface area contributed by atoms with E-state index >= 15 is 0 Å². The van der Waals surface area contributed by atoms with Gasteiger partial charge < -0.3 is 4.74 Å². The molecule has 1 aromatic carbocycles. The van der Waals surface area contributed by atoms with E-state index in [0.717, 1.165) is 5.56 Å². The molecule has 0 fully saturated rings. The Labute approximate surface area is 101 Å². The van der Waals surface area contributed by atoms with E-state index in [0.29, 0.717) is 13.0 Å². The van der Waals surface area contributed by atoms with Crippen molar-refractivity contribution < 1.29 is 9.53 Å². The third-order valence-corrected chi connectivity index (χ3v) is 2.89.